The van der Waals surface area contributed by atoms with E-state index in [1.54, 1.807) is 27.7 Å². The maximum absolute atomic E-state index is 12.0. The number of hydrogen-bond donors (Lipinski definition) is 1. The first kappa shape index (κ1) is 16.3. The van der Waals surface area contributed by atoms with Crippen molar-refractivity contribution in [2.24, 2.45) is 16.8 Å². The quantitative estimate of drug-likeness (QED) is 0.786. The molecule has 0 aromatic heterocycles. The van der Waals surface area contributed by atoms with Gasteiger partial charge in [0.05, 0.1) is 11.6 Å². The first-order valence-electron chi connectivity index (χ1n) is 6.70. The topological polar surface area (TPSA) is 94.2 Å². The first-order valence-corrected chi connectivity index (χ1v) is 6.70. The summed E-state index contributed by atoms with van der Waals surface area (Å²) in [4.78, 5) is 29.9. The van der Waals surface area contributed by atoms with Crippen molar-refractivity contribution in [2.75, 3.05) is 19.7 Å². The number of likely N-dealkylation sites (tertiary alicyclic amines) is 1. The lowest BCUT2D eigenvalue weighted by atomic mass is 9.95. The van der Waals surface area contributed by atoms with E-state index in [-0.39, 0.29) is 6.54 Å². The maximum atomic E-state index is 12.0. The highest BCUT2D eigenvalue weighted by molar-refractivity contribution is 6.04. The molecule has 1 unspecified atom stereocenters. The second kappa shape index (κ2) is 6.58. The minimum Gasteiger partial charge on any atom is -0.444 e. The van der Waals surface area contributed by atoms with Crippen molar-refractivity contribution < 1.29 is 19.2 Å². The molecule has 0 aromatic carbocycles. The van der Waals surface area contributed by atoms with Crippen molar-refractivity contribution in [3.05, 3.63) is 0 Å². The van der Waals surface area contributed by atoms with Gasteiger partial charge in [0.1, 0.15) is 12.2 Å². The zero-order valence-electron chi connectivity index (χ0n) is 12.5. The molecule has 114 valence electrons. The summed E-state index contributed by atoms with van der Waals surface area (Å²) in [7, 11) is 0. The maximum Gasteiger partial charge on any atom is 0.410 e. The minimum absolute atomic E-state index is 0.177. The van der Waals surface area contributed by atoms with E-state index in [4.69, 9.17) is 15.3 Å². The third-order valence-electron chi connectivity index (χ3n) is 2.75. The molecule has 2 amide bonds. The Kier molecular flexibility index (Phi) is 5.35. The van der Waals surface area contributed by atoms with Crippen molar-refractivity contribution >= 4 is 17.7 Å². The highest BCUT2D eigenvalue weighted by atomic mass is 16.6. The van der Waals surface area contributed by atoms with Crippen LogP contribution >= 0.6 is 0 Å². The second-order valence-electron chi connectivity index (χ2n) is 5.63. The van der Waals surface area contributed by atoms with Crippen LogP contribution in [0.25, 0.3) is 0 Å². The number of amides is 2. The molecule has 1 saturated heterocycles. The van der Waals surface area contributed by atoms with E-state index in [1.165, 1.54) is 4.90 Å². The molecule has 0 spiro atoms. The summed E-state index contributed by atoms with van der Waals surface area (Å²) in [5.74, 6) is -1.14. The minimum atomic E-state index is -0.622. The number of piperidine rings is 1. The normalized spacial score (nSPS) is 21.7. The summed E-state index contributed by atoms with van der Waals surface area (Å²) in [5, 5.41) is 3.91. The van der Waals surface area contributed by atoms with Gasteiger partial charge >= 0.3 is 6.09 Å². The van der Waals surface area contributed by atoms with Crippen LogP contribution in [-0.4, -0.2) is 47.9 Å². The average molecular weight is 285 g/mol. The first-order chi connectivity index (χ1) is 9.24. The average Bonchev–Trinajstić information content (AvgIpc) is 2.33. The van der Waals surface area contributed by atoms with E-state index >= 15 is 0 Å². The van der Waals surface area contributed by atoms with Crippen LogP contribution in [0.1, 0.15) is 34.1 Å². The van der Waals surface area contributed by atoms with Gasteiger partial charge in [0.2, 0.25) is 5.91 Å². The van der Waals surface area contributed by atoms with Gasteiger partial charge < -0.3 is 20.2 Å². The summed E-state index contributed by atoms with van der Waals surface area (Å²) >= 11 is 0. The van der Waals surface area contributed by atoms with Gasteiger partial charge in [0, 0.05) is 19.5 Å². The van der Waals surface area contributed by atoms with Gasteiger partial charge in [-0.3, -0.25) is 4.79 Å². The van der Waals surface area contributed by atoms with Crippen LogP contribution in [0.4, 0.5) is 4.79 Å². The molecule has 1 fully saturated rings. The molecule has 1 aliphatic heterocycles. The van der Waals surface area contributed by atoms with Crippen molar-refractivity contribution in [3.8, 4) is 0 Å². The second-order valence-corrected chi connectivity index (χ2v) is 5.63. The third kappa shape index (κ3) is 4.71. The Morgan fingerprint density at radius 2 is 2.10 bits per heavy atom. The zero-order valence-corrected chi connectivity index (χ0v) is 12.5. The van der Waals surface area contributed by atoms with Crippen LogP contribution in [0, 0.1) is 5.92 Å². The lowest BCUT2D eigenvalue weighted by Crippen LogP contribution is -2.50. The molecule has 0 aliphatic carbocycles. The summed E-state index contributed by atoms with van der Waals surface area (Å²) in [6, 6.07) is 0. The van der Waals surface area contributed by atoms with Gasteiger partial charge in [-0.25, -0.2) is 4.79 Å². The molecular formula is C13H23N3O4. The van der Waals surface area contributed by atoms with Gasteiger partial charge in [0.25, 0.3) is 0 Å². The number of hydrogen-bond acceptors (Lipinski definition) is 5. The molecule has 1 heterocycles. The van der Waals surface area contributed by atoms with Crippen LogP contribution in [-0.2, 0) is 14.4 Å². The Balaban J connectivity index is 2.74. The van der Waals surface area contributed by atoms with E-state index in [0.717, 1.165) is 0 Å². The van der Waals surface area contributed by atoms with Gasteiger partial charge in [-0.2, -0.15) is 0 Å². The van der Waals surface area contributed by atoms with E-state index in [1.807, 2.05) is 0 Å². The number of carbonyl (C=O) groups excluding carboxylic acids is 2. The number of rotatable bonds is 3. The van der Waals surface area contributed by atoms with Crippen LogP contribution in [0.5, 0.6) is 0 Å². The van der Waals surface area contributed by atoms with Crippen molar-refractivity contribution in [1.29, 1.82) is 0 Å². The molecule has 1 rings (SSSR count). The van der Waals surface area contributed by atoms with Crippen LogP contribution < -0.4 is 5.73 Å². The molecule has 1 aliphatic rings. The third-order valence-corrected chi connectivity index (χ3v) is 2.75. The highest BCUT2D eigenvalue weighted by Crippen LogP contribution is 2.18. The van der Waals surface area contributed by atoms with E-state index in [9.17, 15) is 9.59 Å². The van der Waals surface area contributed by atoms with Crippen LogP contribution in [0.2, 0.25) is 0 Å². The Morgan fingerprint density at radius 3 is 2.60 bits per heavy atom. The smallest absolute Gasteiger partial charge is 0.410 e. The van der Waals surface area contributed by atoms with E-state index < -0.39 is 23.5 Å². The summed E-state index contributed by atoms with van der Waals surface area (Å²) in [6.07, 6.45) is 0.00606. The number of ether oxygens (including phenoxy) is 1. The van der Waals surface area contributed by atoms with Crippen molar-refractivity contribution in [3.63, 3.8) is 0 Å². The molecule has 1 atom stereocenters. The van der Waals surface area contributed by atoms with Crippen LogP contribution in [0.15, 0.2) is 5.16 Å². The fourth-order valence-electron chi connectivity index (χ4n) is 1.84. The predicted molar refractivity (Wildman–Crippen MR) is 74.2 cm³/mol. The standard InChI is InChI=1S/C13H23N3O4/c1-5-19-15-10-6-7-16(8-9(10)11(14)17)12(18)20-13(2,3)4/h9H,5-8H2,1-4H3,(H2,14,17). The molecule has 0 radical (unpaired) electrons. The fraction of sp³-hybridized carbons (Fsp3) is 0.769. The number of carbonyl (C=O) groups is 2. The number of oxime groups is 1. The molecule has 0 saturated carbocycles. The summed E-state index contributed by atoms with van der Waals surface area (Å²) in [5.41, 5.74) is 5.38. The Labute approximate surface area is 119 Å². The molecule has 0 aromatic rings. The molecule has 0 bridgehead atoms. The SMILES string of the molecule is CCON=C1CCN(C(=O)OC(C)(C)C)CC1C(N)=O. The molecule has 7 heteroatoms. The lowest BCUT2D eigenvalue weighted by Gasteiger charge is -2.33. The predicted octanol–water partition coefficient (Wildman–Crippen LogP) is 1.12. The van der Waals surface area contributed by atoms with E-state index in [2.05, 4.69) is 5.16 Å². The highest BCUT2D eigenvalue weighted by Gasteiger charge is 2.34. The molecule has 2 N–H and O–H groups in total. The number of nitrogens with zero attached hydrogens (tertiary/aromatic N) is 2. The Hall–Kier alpha value is -1.79. The van der Waals surface area contributed by atoms with Crippen LogP contribution in [0.3, 0.4) is 0 Å². The van der Waals surface area contributed by atoms with Crippen molar-refractivity contribution in [1.82, 2.24) is 4.90 Å². The van der Waals surface area contributed by atoms with Gasteiger partial charge in [-0.1, -0.05) is 5.16 Å². The van der Waals surface area contributed by atoms with Gasteiger partial charge in [-0.15, -0.1) is 0 Å². The van der Waals surface area contributed by atoms with Gasteiger partial charge in [-0.05, 0) is 27.7 Å². The molecule has 20 heavy (non-hydrogen) atoms. The number of nitrogens with two attached hydrogens (primary N) is 1. The largest absolute Gasteiger partial charge is 0.444 e. The molecular weight excluding hydrogens is 262 g/mol. The summed E-state index contributed by atoms with van der Waals surface area (Å²) in [6.45, 7) is 8.22. The summed E-state index contributed by atoms with van der Waals surface area (Å²) < 4.78 is 5.29. The zero-order chi connectivity index (χ0) is 15.3. The Morgan fingerprint density at radius 1 is 1.45 bits per heavy atom. The monoisotopic (exact) mass is 285 g/mol. The van der Waals surface area contributed by atoms with E-state index in [0.29, 0.717) is 25.3 Å². The fourth-order valence-corrected chi connectivity index (χ4v) is 1.84. The molecule has 7 nitrogen and oxygen atoms in total. The van der Waals surface area contributed by atoms with Crippen molar-refractivity contribution in [2.45, 2.75) is 39.7 Å². The number of primary amides is 1. The Bertz CT molecular complexity index is 401. The van der Waals surface area contributed by atoms with Gasteiger partial charge in [0.15, 0.2) is 0 Å². The lowest BCUT2D eigenvalue weighted by molar-refractivity contribution is -0.120.